The molecule has 1 fully saturated rings. The SMILES string of the molecule is C[C@@H](Cc1cccnc1)NC(=O)N1CCN(C(=O)c2ccc[nH]2)CC1. The van der Waals surface area contributed by atoms with Crippen LogP contribution in [-0.2, 0) is 6.42 Å². The zero-order chi connectivity index (χ0) is 17.6. The summed E-state index contributed by atoms with van der Waals surface area (Å²) < 4.78 is 0. The van der Waals surface area contributed by atoms with Crippen LogP contribution < -0.4 is 5.32 Å². The molecule has 1 aliphatic rings. The minimum atomic E-state index is -0.0802. The molecule has 2 aromatic rings. The van der Waals surface area contributed by atoms with Gasteiger partial charge in [0.05, 0.1) is 0 Å². The number of carbonyl (C=O) groups excluding carboxylic acids is 2. The Bertz CT molecular complexity index is 694. The van der Waals surface area contributed by atoms with Gasteiger partial charge in [-0.2, -0.15) is 0 Å². The van der Waals surface area contributed by atoms with Crippen LogP contribution in [0, 0.1) is 0 Å². The molecule has 0 aliphatic carbocycles. The standard InChI is InChI=1S/C18H23N5O2/c1-14(12-15-4-2-6-19-13-15)21-18(25)23-10-8-22(9-11-23)17(24)16-5-3-7-20-16/h2-7,13-14,20H,8-12H2,1H3,(H,21,25)/t14-/m0/s1. The Hall–Kier alpha value is -2.83. The van der Waals surface area contributed by atoms with Crippen molar-refractivity contribution in [1.82, 2.24) is 25.1 Å². The van der Waals surface area contributed by atoms with E-state index in [0.717, 1.165) is 12.0 Å². The van der Waals surface area contributed by atoms with Gasteiger partial charge in [0, 0.05) is 50.8 Å². The molecule has 7 nitrogen and oxygen atoms in total. The summed E-state index contributed by atoms with van der Waals surface area (Å²) in [6.45, 7) is 4.15. The molecule has 0 aromatic carbocycles. The first-order valence-corrected chi connectivity index (χ1v) is 8.50. The molecule has 1 saturated heterocycles. The second-order valence-electron chi connectivity index (χ2n) is 6.28. The maximum Gasteiger partial charge on any atom is 0.317 e. The van der Waals surface area contributed by atoms with E-state index in [4.69, 9.17) is 0 Å². The lowest BCUT2D eigenvalue weighted by molar-refractivity contribution is 0.0658. The lowest BCUT2D eigenvalue weighted by Crippen LogP contribution is -2.54. The van der Waals surface area contributed by atoms with Gasteiger partial charge >= 0.3 is 6.03 Å². The smallest absolute Gasteiger partial charge is 0.317 e. The molecule has 2 aromatic heterocycles. The fraction of sp³-hybridized carbons (Fsp3) is 0.389. The number of amides is 3. The Morgan fingerprint density at radius 2 is 1.96 bits per heavy atom. The van der Waals surface area contributed by atoms with E-state index in [2.05, 4.69) is 15.3 Å². The van der Waals surface area contributed by atoms with Gasteiger partial charge < -0.3 is 20.1 Å². The van der Waals surface area contributed by atoms with Crippen molar-refractivity contribution in [2.24, 2.45) is 0 Å². The molecule has 0 saturated carbocycles. The van der Waals surface area contributed by atoms with Gasteiger partial charge in [-0.15, -0.1) is 0 Å². The Morgan fingerprint density at radius 1 is 1.20 bits per heavy atom. The second kappa shape index (κ2) is 7.83. The van der Waals surface area contributed by atoms with Gasteiger partial charge in [0.2, 0.25) is 0 Å². The van der Waals surface area contributed by atoms with Gasteiger partial charge in [0.25, 0.3) is 5.91 Å². The van der Waals surface area contributed by atoms with Crippen LogP contribution in [0.15, 0.2) is 42.9 Å². The van der Waals surface area contributed by atoms with Crippen LogP contribution in [0.4, 0.5) is 4.79 Å². The van der Waals surface area contributed by atoms with Crippen molar-refractivity contribution in [3.8, 4) is 0 Å². The first-order chi connectivity index (χ1) is 12.1. The summed E-state index contributed by atoms with van der Waals surface area (Å²) in [6.07, 6.45) is 6.03. The highest BCUT2D eigenvalue weighted by Gasteiger charge is 2.25. The molecule has 0 radical (unpaired) electrons. The molecule has 3 amide bonds. The first-order valence-electron chi connectivity index (χ1n) is 8.50. The van der Waals surface area contributed by atoms with E-state index in [9.17, 15) is 9.59 Å². The largest absolute Gasteiger partial charge is 0.357 e. The van der Waals surface area contributed by atoms with Gasteiger partial charge in [-0.05, 0) is 37.1 Å². The minimum absolute atomic E-state index is 0.0185. The molecule has 7 heteroatoms. The number of hydrogen-bond donors (Lipinski definition) is 2. The van der Waals surface area contributed by atoms with Gasteiger partial charge in [0.1, 0.15) is 5.69 Å². The number of urea groups is 1. The average molecular weight is 341 g/mol. The summed E-state index contributed by atoms with van der Waals surface area (Å²) >= 11 is 0. The third-order valence-corrected chi connectivity index (χ3v) is 4.32. The average Bonchev–Trinajstić information content (AvgIpc) is 3.16. The van der Waals surface area contributed by atoms with E-state index in [1.807, 2.05) is 25.3 Å². The molecule has 0 bridgehead atoms. The number of piperazine rings is 1. The van der Waals surface area contributed by atoms with E-state index in [0.29, 0.717) is 31.9 Å². The molecule has 25 heavy (non-hydrogen) atoms. The highest BCUT2D eigenvalue weighted by molar-refractivity contribution is 5.92. The summed E-state index contributed by atoms with van der Waals surface area (Å²) in [4.78, 5) is 35.2. The number of nitrogens with zero attached hydrogens (tertiary/aromatic N) is 3. The van der Waals surface area contributed by atoms with E-state index in [-0.39, 0.29) is 18.0 Å². The zero-order valence-electron chi connectivity index (χ0n) is 14.3. The predicted octanol–water partition coefficient (Wildman–Crippen LogP) is 1.51. The molecule has 1 atom stereocenters. The van der Waals surface area contributed by atoms with Gasteiger partial charge in [-0.25, -0.2) is 4.79 Å². The van der Waals surface area contributed by atoms with Crippen LogP contribution in [0.25, 0.3) is 0 Å². The van der Waals surface area contributed by atoms with E-state index in [1.54, 1.807) is 34.3 Å². The number of hydrogen-bond acceptors (Lipinski definition) is 3. The lowest BCUT2D eigenvalue weighted by Gasteiger charge is -2.35. The molecule has 0 unspecified atom stereocenters. The normalized spacial score (nSPS) is 15.7. The van der Waals surface area contributed by atoms with Crippen LogP contribution in [0.2, 0.25) is 0 Å². The number of rotatable bonds is 4. The Labute approximate surface area is 147 Å². The molecule has 1 aliphatic heterocycles. The van der Waals surface area contributed by atoms with Crippen molar-refractivity contribution in [3.05, 3.63) is 54.1 Å². The van der Waals surface area contributed by atoms with Gasteiger partial charge in [0.15, 0.2) is 0 Å². The number of aromatic amines is 1. The third kappa shape index (κ3) is 4.37. The van der Waals surface area contributed by atoms with Crippen molar-refractivity contribution in [1.29, 1.82) is 0 Å². The van der Waals surface area contributed by atoms with Crippen LogP contribution in [0.3, 0.4) is 0 Å². The van der Waals surface area contributed by atoms with Crippen molar-refractivity contribution < 1.29 is 9.59 Å². The molecule has 0 spiro atoms. The van der Waals surface area contributed by atoms with Crippen LogP contribution in [0.5, 0.6) is 0 Å². The maximum absolute atomic E-state index is 12.4. The number of aromatic nitrogens is 2. The first kappa shape index (κ1) is 17.0. The van der Waals surface area contributed by atoms with Crippen LogP contribution in [0.1, 0.15) is 23.0 Å². The number of pyridine rings is 1. The fourth-order valence-electron chi connectivity index (χ4n) is 2.97. The highest BCUT2D eigenvalue weighted by atomic mass is 16.2. The molecular weight excluding hydrogens is 318 g/mol. The molecule has 3 rings (SSSR count). The van der Waals surface area contributed by atoms with Crippen molar-refractivity contribution >= 4 is 11.9 Å². The fourth-order valence-corrected chi connectivity index (χ4v) is 2.97. The Kier molecular flexibility index (Phi) is 5.33. The summed E-state index contributed by atoms with van der Waals surface area (Å²) in [5.41, 5.74) is 1.68. The molecule has 2 N–H and O–H groups in total. The van der Waals surface area contributed by atoms with E-state index in [1.165, 1.54) is 0 Å². The number of H-pyrrole nitrogens is 1. The maximum atomic E-state index is 12.4. The molecule has 132 valence electrons. The quantitative estimate of drug-likeness (QED) is 0.884. The lowest BCUT2D eigenvalue weighted by atomic mass is 10.1. The third-order valence-electron chi connectivity index (χ3n) is 4.32. The number of nitrogens with one attached hydrogen (secondary N) is 2. The monoisotopic (exact) mass is 341 g/mol. The predicted molar refractivity (Wildman–Crippen MR) is 94.2 cm³/mol. The van der Waals surface area contributed by atoms with Crippen molar-refractivity contribution in [2.45, 2.75) is 19.4 Å². The van der Waals surface area contributed by atoms with Crippen molar-refractivity contribution in [3.63, 3.8) is 0 Å². The topological polar surface area (TPSA) is 81.3 Å². The molecular formula is C18H23N5O2. The number of carbonyl (C=O) groups is 2. The van der Waals surface area contributed by atoms with E-state index >= 15 is 0 Å². The van der Waals surface area contributed by atoms with Crippen molar-refractivity contribution in [2.75, 3.05) is 26.2 Å². The van der Waals surface area contributed by atoms with Gasteiger partial charge in [-0.3, -0.25) is 9.78 Å². The zero-order valence-corrected chi connectivity index (χ0v) is 14.3. The van der Waals surface area contributed by atoms with Crippen LogP contribution >= 0.6 is 0 Å². The summed E-state index contributed by atoms with van der Waals surface area (Å²) in [6, 6.07) is 7.41. The Morgan fingerprint density at radius 3 is 2.60 bits per heavy atom. The Balaban J connectivity index is 1.46. The minimum Gasteiger partial charge on any atom is -0.357 e. The highest BCUT2D eigenvalue weighted by Crippen LogP contribution is 2.08. The molecule has 3 heterocycles. The summed E-state index contributed by atoms with van der Waals surface area (Å²) in [7, 11) is 0. The second-order valence-corrected chi connectivity index (χ2v) is 6.28. The summed E-state index contributed by atoms with van der Waals surface area (Å²) in [5.74, 6) is -0.0185. The van der Waals surface area contributed by atoms with Gasteiger partial charge in [-0.1, -0.05) is 6.07 Å². The van der Waals surface area contributed by atoms with E-state index < -0.39 is 0 Å². The summed E-state index contributed by atoms with van der Waals surface area (Å²) in [5, 5.41) is 3.02. The van der Waals surface area contributed by atoms with Crippen LogP contribution in [-0.4, -0.2) is 63.9 Å².